The van der Waals surface area contributed by atoms with Gasteiger partial charge in [-0.3, -0.25) is 0 Å². The van der Waals surface area contributed by atoms with Crippen LogP contribution < -0.4 is 10.6 Å². The van der Waals surface area contributed by atoms with E-state index in [2.05, 4.69) is 38.3 Å². The molecule has 2 heterocycles. The highest BCUT2D eigenvalue weighted by atomic mass is 15.5. The summed E-state index contributed by atoms with van der Waals surface area (Å²) in [6, 6.07) is 8.14. The van der Waals surface area contributed by atoms with Crippen molar-refractivity contribution in [3.8, 4) is 5.69 Å². The normalized spacial score (nSPS) is 19.3. The molecule has 0 bridgehead atoms. The third kappa shape index (κ3) is 3.08. The second kappa shape index (κ2) is 5.79. The Balaban J connectivity index is 1.63. The minimum atomic E-state index is 0.713. The van der Waals surface area contributed by atoms with Crippen molar-refractivity contribution >= 4 is 5.69 Å². The number of tetrazole rings is 1. The predicted molar refractivity (Wildman–Crippen MR) is 73.2 cm³/mol. The van der Waals surface area contributed by atoms with E-state index in [4.69, 9.17) is 0 Å². The van der Waals surface area contributed by atoms with E-state index in [9.17, 15) is 0 Å². The summed E-state index contributed by atoms with van der Waals surface area (Å²) in [5.41, 5.74) is 2.08. The lowest BCUT2D eigenvalue weighted by Crippen LogP contribution is -2.33. The van der Waals surface area contributed by atoms with Gasteiger partial charge in [0, 0.05) is 12.2 Å². The van der Waals surface area contributed by atoms with E-state index in [1.54, 1.807) is 11.0 Å². The average molecular weight is 258 g/mol. The van der Waals surface area contributed by atoms with E-state index in [0.717, 1.165) is 31.0 Å². The second-order valence-corrected chi connectivity index (χ2v) is 4.90. The van der Waals surface area contributed by atoms with Crippen LogP contribution in [0.1, 0.15) is 12.8 Å². The molecule has 3 rings (SSSR count). The van der Waals surface area contributed by atoms with Crippen molar-refractivity contribution < 1.29 is 0 Å². The van der Waals surface area contributed by atoms with Crippen LogP contribution in [0.4, 0.5) is 5.69 Å². The summed E-state index contributed by atoms with van der Waals surface area (Å²) >= 11 is 0. The molecule has 0 radical (unpaired) electrons. The van der Waals surface area contributed by atoms with Crippen molar-refractivity contribution in [1.82, 2.24) is 25.5 Å². The molecule has 1 saturated heterocycles. The molecule has 1 atom stereocenters. The largest absolute Gasteiger partial charge is 0.385 e. The van der Waals surface area contributed by atoms with Crippen molar-refractivity contribution in [2.45, 2.75) is 12.8 Å². The van der Waals surface area contributed by atoms with Crippen LogP contribution in [0.25, 0.3) is 5.69 Å². The van der Waals surface area contributed by atoms with Gasteiger partial charge in [0.15, 0.2) is 0 Å². The fraction of sp³-hybridized carbons (Fsp3) is 0.462. The number of aromatic nitrogens is 4. The van der Waals surface area contributed by atoms with E-state index in [1.165, 1.54) is 12.8 Å². The number of piperidine rings is 1. The van der Waals surface area contributed by atoms with Crippen molar-refractivity contribution in [3.05, 3.63) is 30.6 Å². The number of hydrogen-bond donors (Lipinski definition) is 2. The molecule has 1 aromatic heterocycles. The Morgan fingerprint density at radius 3 is 3.21 bits per heavy atom. The molecule has 0 spiro atoms. The number of hydrogen-bond acceptors (Lipinski definition) is 5. The third-order valence-electron chi connectivity index (χ3n) is 3.45. The van der Waals surface area contributed by atoms with Crippen LogP contribution in [0.2, 0.25) is 0 Å². The molecule has 6 nitrogen and oxygen atoms in total. The molecule has 0 saturated carbocycles. The Morgan fingerprint density at radius 1 is 1.42 bits per heavy atom. The topological polar surface area (TPSA) is 67.7 Å². The second-order valence-electron chi connectivity index (χ2n) is 4.90. The lowest BCUT2D eigenvalue weighted by Gasteiger charge is -2.23. The smallest absolute Gasteiger partial charge is 0.143 e. The van der Waals surface area contributed by atoms with Gasteiger partial charge in [-0.2, -0.15) is 0 Å². The molecular weight excluding hydrogens is 240 g/mol. The van der Waals surface area contributed by atoms with Gasteiger partial charge < -0.3 is 10.6 Å². The van der Waals surface area contributed by atoms with Crippen LogP contribution >= 0.6 is 0 Å². The molecule has 1 aliphatic heterocycles. The first-order valence-electron chi connectivity index (χ1n) is 6.70. The SMILES string of the molecule is c1cc(NCC2CCCNC2)cc(-n2cnnn2)c1. The summed E-state index contributed by atoms with van der Waals surface area (Å²) in [6.07, 6.45) is 4.17. The zero-order valence-corrected chi connectivity index (χ0v) is 10.8. The third-order valence-corrected chi connectivity index (χ3v) is 3.45. The van der Waals surface area contributed by atoms with Gasteiger partial charge in [-0.05, 0) is 60.5 Å². The number of anilines is 1. The van der Waals surface area contributed by atoms with Gasteiger partial charge >= 0.3 is 0 Å². The summed E-state index contributed by atoms with van der Waals surface area (Å²) in [5.74, 6) is 0.713. The van der Waals surface area contributed by atoms with E-state index in [-0.39, 0.29) is 0 Å². The molecule has 2 N–H and O–H groups in total. The highest BCUT2D eigenvalue weighted by Crippen LogP contribution is 2.15. The first kappa shape index (κ1) is 12.1. The Hall–Kier alpha value is -1.95. The van der Waals surface area contributed by atoms with Crippen molar-refractivity contribution in [3.63, 3.8) is 0 Å². The quantitative estimate of drug-likeness (QED) is 0.858. The molecule has 1 unspecified atom stereocenters. The highest BCUT2D eigenvalue weighted by Gasteiger charge is 2.12. The Kier molecular flexibility index (Phi) is 3.69. The highest BCUT2D eigenvalue weighted by molar-refractivity contribution is 5.50. The Bertz CT molecular complexity index is 504. The summed E-state index contributed by atoms with van der Waals surface area (Å²) in [7, 11) is 0. The maximum Gasteiger partial charge on any atom is 0.143 e. The molecule has 6 heteroatoms. The molecule has 19 heavy (non-hydrogen) atoms. The van der Waals surface area contributed by atoms with Gasteiger partial charge in [0.2, 0.25) is 0 Å². The van der Waals surface area contributed by atoms with Crippen molar-refractivity contribution in [1.29, 1.82) is 0 Å². The molecule has 0 aliphatic carbocycles. The van der Waals surface area contributed by atoms with Crippen molar-refractivity contribution in [2.75, 3.05) is 25.0 Å². The van der Waals surface area contributed by atoms with Gasteiger partial charge in [0.05, 0.1) is 5.69 Å². The first-order chi connectivity index (χ1) is 9.42. The predicted octanol–water partition coefficient (Wildman–Crippen LogP) is 1.07. The Morgan fingerprint density at radius 2 is 2.42 bits per heavy atom. The number of rotatable bonds is 4. The molecule has 100 valence electrons. The van der Waals surface area contributed by atoms with Crippen LogP contribution in [0.15, 0.2) is 30.6 Å². The van der Waals surface area contributed by atoms with Crippen LogP contribution in [0, 0.1) is 5.92 Å². The molecular formula is C13H18N6. The number of benzene rings is 1. The van der Waals surface area contributed by atoms with Gasteiger partial charge in [0.25, 0.3) is 0 Å². The van der Waals surface area contributed by atoms with Crippen LogP contribution in [0.5, 0.6) is 0 Å². The van der Waals surface area contributed by atoms with E-state index in [1.807, 2.05) is 12.1 Å². The zero-order chi connectivity index (χ0) is 12.9. The maximum atomic E-state index is 3.90. The molecule has 1 aromatic carbocycles. The van der Waals surface area contributed by atoms with E-state index < -0.39 is 0 Å². The van der Waals surface area contributed by atoms with Gasteiger partial charge in [-0.1, -0.05) is 6.07 Å². The number of nitrogens with zero attached hydrogens (tertiary/aromatic N) is 4. The minimum Gasteiger partial charge on any atom is -0.385 e. The van der Waals surface area contributed by atoms with Gasteiger partial charge in [-0.15, -0.1) is 5.10 Å². The van der Waals surface area contributed by atoms with Crippen LogP contribution in [-0.4, -0.2) is 39.8 Å². The molecule has 2 aromatic rings. The minimum absolute atomic E-state index is 0.713. The molecule has 0 amide bonds. The molecule has 1 fully saturated rings. The van der Waals surface area contributed by atoms with Gasteiger partial charge in [0.1, 0.15) is 6.33 Å². The van der Waals surface area contributed by atoms with Crippen LogP contribution in [0.3, 0.4) is 0 Å². The lowest BCUT2D eigenvalue weighted by atomic mass is 10.00. The summed E-state index contributed by atoms with van der Waals surface area (Å²) < 4.78 is 1.66. The Labute approximate surface area is 112 Å². The van der Waals surface area contributed by atoms with E-state index >= 15 is 0 Å². The van der Waals surface area contributed by atoms with E-state index in [0.29, 0.717) is 5.92 Å². The van der Waals surface area contributed by atoms with Gasteiger partial charge in [-0.25, -0.2) is 4.68 Å². The lowest BCUT2D eigenvalue weighted by molar-refractivity contribution is 0.393. The summed E-state index contributed by atoms with van der Waals surface area (Å²) in [5, 5.41) is 18.1. The zero-order valence-electron chi connectivity index (χ0n) is 10.8. The summed E-state index contributed by atoms with van der Waals surface area (Å²) in [4.78, 5) is 0. The fourth-order valence-corrected chi connectivity index (χ4v) is 2.40. The molecule has 1 aliphatic rings. The first-order valence-corrected chi connectivity index (χ1v) is 6.70. The van der Waals surface area contributed by atoms with Crippen molar-refractivity contribution in [2.24, 2.45) is 5.92 Å². The average Bonchev–Trinajstić information content (AvgIpc) is 3.01. The maximum absolute atomic E-state index is 3.90. The summed E-state index contributed by atoms with van der Waals surface area (Å²) in [6.45, 7) is 3.27. The van der Waals surface area contributed by atoms with Crippen LogP contribution in [-0.2, 0) is 0 Å². The standard InChI is InChI=1S/C13H18N6/c1-4-12(15-9-11-3-2-6-14-8-11)7-13(5-1)19-10-16-17-18-19/h1,4-5,7,10-11,14-15H,2-3,6,8-9H2. The number of nitrogens with one attached hydrogen (secondary N) is 2. The fourth-order valence-electron chi connectivity index (χ4n) is 2.40. The monoisotopic (exact) mass is 258 g/mol.